The number of carboxylic acid groups (broad SMARTS) is 1. The van der Waals surface area contributed by atoms with E-state index in [-0.39, 0.29) is 17.3 Å². The third-order valence-corrected chi connectivity index (χ3v) is 3.54. The van der Waals surface area contributed by atoms with Crippen molar-refractivity contribution in [2.45, 2.75) is 25.8 Å². The Morgan fingerprint density at radius 1 is 1.45 bits per heavy atom. The first-order chi connectivity index (χ1) is 10.4. The number of nitrogens with zero attached hydrogens (tertiary/aromatic N) is 1. The average Bonchev–Trinajstić information content (AvgIpc) is 2.41. The van der Waals surface area contributed by atoms with Crippen LogP contribution in [0.25, 0.3) is 0 Å². The number of rotatable bonds is 6. The number of benzene rings is 1. The fourth-order valence-electron chi connectivity index (χ4n) is 2.31. The van der Waals surface area contributed by atoms with Gasteiger partial charge >= 0.3 is 5.97 Å². The van der Waals surface area contributed by atoms with Crippen molar-refractivity contribution < 1.29 is 24.4 Å². The summed E-state index contributed by atoms with van der Waals surface area (Å²) in [4.78, 5) is 33.3. The van der Waals surface area contributed by atoms with E-state index < -0.39 is 22.7 Å². The van der Waals surface area contributed by atoms with Gasteiger partial charge in [0.1, 0.15) is 11.3 Å². The molecule has 0 unspecified atom stereocenters. The van der Waals surface area contributed by atoms with E-state index in [0.29, 0.717) is 25.2 Å². The predicted molar refractivity (Wildman–Crippen MR) is 75.9 cm³/mol. The maximum Gasteiger partial charge on any atom is 0.306 e. The minimum Gasteiger partial charge on any atom is -0.494 e. The van der Waals surface area contributed by atoms with Crippen molar-refractivity contribution in [1.82, 2.24) is 5.32 Å². The van der Waals surface area contributed by atoms with Crippen LogP contribution in [0.2, 0.25) is 0 Å². The summed E-state index contributed by atoms with van der Waals surface area (Å²) in [6.45, 7) is 2.14. The molecular weight excluding hydrogens is 292 g/mol. The Morgan fingerprint density at radius 3 is 2.68 bits per heavy atom. The molecule has 0 bridgehead atoms. The highest BCUT2D eigenvalue weighted by atomic mass is 16.6. The Labute approximate surface area is 126 Å². The fraction of sp³-hybridized carbons (Fsp3) is 0.429. The molecule has 8 nitrogen and oxygen atoms in total. The average molecular weight is 308 g/mol. The molecule has 0 aromatic heterocycles. The molecule has 1 aromatic carbocycles. The Morgan fingerprint density at radius 2 is 2.14 bits per heavy atom. The minimum absolute atomic E-state index is 0.0882. The van der Waals surface area contributed by atoms with E-state index in [1.807, 2.05) is 0 Å². The fourth-order valence-corrected chi connectivity index (χ4v) is 2.31. The highest BCUT2D eigenvalue weighted by molar-refractivity contribution is 5.98. The van der Waals surface area contributed by atoms with Crippen LogP contribution in [0.15, 0.2) is 18.2 Å². The second kappa shape index (κ2) is 6.42. The number of amides is 1. The molecule has 0 radical (unpaired) electrons. The van der Waals surface area contributed by atoms with Gasteiger partial charge in [-0.3, -0.25) is 19.7 Å². The Kier molecular flexibility index (Phi) is 4.59. The molecule has 1 aliphatic rings. The lowest BCUT2D eigenvalue weighted by Crippen LogP contribution is -2.46. The van der Waals surface area contributed by atoms with E-state index in [4.69, 9.17) is 9.84 Å². The molecular formula is C14H16N2O6. The van der Waals surface area contributed by atoms with Gasteiger partial charge < -0.3 is 15.2 Å². The van der Waals surface area contributed by atoms with Crippen LogP contribution >= 0.6 is 0 Å². The Balaban J connectivity index is 2.12. The van der Waals surface area contributed by atoms with Gasteiger partial charge in [0.15, 0.2) is 0 Å². The van der Waals surface area contributed by atoms with Gasteiger partial charge in [0.05, 0.1) is 17.4 Å². The van der Waals surface area contributed by atoms with E-state index in [2.05, 4.69) is 5.32 Å². The molecule has 0 heterocycles. The number of aliphatic carboxylic acids is 1. The Hall–Kier alpha value is -2.64. The molecule has 118 valence electrons. The first kappa shape index (κ1) is 15.7. The maximum absolute atomic E-state index is 12.2. The van der Waals surface area contributed by atoms with E-state index >= 15 is 0 Å². The molecule has 0 spiro atoms. The number of carboxylic acids is 1. The molecule has 0 saturated heterocycles. The van der Waals surface area contributed by atoms with Gasteiger partial charge in [-0.05, 0) is 31.9 Å². The summed E-state index contributed by atoms with van der Waals surface area (Å²) in [5.41, 5.74) is -0.398. The summed E-state index contributed by atoms with van der Waals surface area (Å²) in [5, 5.41) is 22.4. The number of carbonyl (C=O) groups excluding carboxylic acids is 1. The number of carbonyl (C=O) groups is 2. The molecule has 1 fully saturated rings. The van der Waals surface area contributed by atoms with Crippen molar-refractivity contribution >= 4 is 17.6 Å². The first-order valence-electron chi connectivity index (χ1n) is 6.87. The minimum atomic E-state index is -0.894. The molecule has 0 atom stereocenters. The van der Waals surface area contributed by atoms with Crippen molar-refractivity contribution in [2.24, 2.45) is 5.92 Å². The van der Waals surface area contributed by atoms with Gasteiger partial charge in [-0.1, -0.05) is 0 Å². The zero-order valence-corrected chi connectivity index (χ0v) is 11.9. The van der Waals surface area contributed by atoms with Crippen molar-refractivity contribution in [2.75, 3.05) is 6.61 Å². The van der Waals surface area contributed by atoms with E-state index in [1.165, 1.54) is 18.2 Å². The second-order valence-corrected chi connectivity index (χ2v) is 5.05. The normalized spacial score (nSPS) is 19.9. The molecule has 0 aliphatic heterocycles. The molecule has 1 saturated carbocycles. The monoisotopic (exact) mass is 308 g/mol. The van der Waals surface area contributed by atoms with E-state index in [0.717, 1.165) is 0 Å². The number of nitrogens with one attached hydrogen (secondary N) is 1. The smallest absolute Gasteiger partial charge is 0.306 e. The second-order valence-electron chi connectivity index (χ2n) is 5.05. The number of ether oxygens (including phenoxy) is 1. The van der Waals surface area contributed by atoms with Crippen LogP contribution in [0.5, 0.6) is 5.75 Å². The van der Waals surface area contributed by atoms with Crippen molar-refractivity contribution in [3.8, 4) is 5.75 Å². The molecule has 2 rings (SSSR count). The van der Waals surface area contributed by atoms with Crippen LogP contribution < -0.4 is 10.1 Å². The zero-order valence-electron chi connectivity index (χ0n) is 11.9. The molecule has 2 N–H and O–H groups in total. The van der Waals surface area contributed by atoms with Gasteiger partial charge in [-0.15, -0.1) is 0 Å². The van der Waals surface area contributed by atoms with Crippen molar-refractivity contribution in [3.05, 3.63) is 33.9 Å². The predicted octanol–water partition coefficient (Wildman–Crippen LogP) is 1.59. The topological polar surface area (TPSA) is 119 Å². The van der Waals surface area contributed by atoms with Crippen LogP contribution in [0.3, 0.4) is 0 Å². The van der Waals surface area contributed by atoms with Gasteiger partial charge in [0, 0.05) is 12.1 Å². The van der Waals surface area contributed by atoms with Crippen LogP contribution in [0.1, 0.15) is 30.1 Å². The summed E-state index contributed by atoms with van der Waals surface area (Å²) in [5.74, 6) is -1.58. The number of hydrogen-bond donors (Lipinski definition) is 2. The van der Waals surface area contributed by atoms with Gasteiger partial charge in [0.2, 0.25) is 0 Å². The molecule has 1 aliphatic carbocycles. The summed E-state index contributed by atoms with van der Waals surface area (Å²) in [6, 6.07) is 3.71. The standard InChI is InChI=1S/C14H16N2O6/c1-2-22-10-3-4-12(16(20)21)11(7-10)13(17)15-9-5-8(6-9)14(18)19/h3-4,7-9H,2,5-6H2,1H3,(H,15,17)(H,18,19). The number of nitro groups is 1. The van der Waals surface area contributed by atoms with Gasteiger partial charge in [-0.25, -0.2) is 0 Å². The van der Waals surface area contributed by atoms with E-state index in [1.54, 1.807) is 6.92 Å². The third-order valence-electron chi connectivity index (χ3n) is 3.54. The van der Waals surface area contributed by atoms with Gasteiger partial charge in [0.25, 0.3) is 11.6 Å². The highest BCUT2D eigenvalue weighted by Crippen LogP contribution is 2.29. The van der Waals surface area contributed by atoms with Gasteiger partial charge in [-0.2, -0.15) is 0 Å². The molecule has 1 amide bonds. The maximum atomic E-state index is 12.2. The lowest BCUT2D eigenvalue weighted by Gasteiger charge is -2.32. The van der Waals surface area contributed by atoms with E-state index in [9.17, 15) is 19.7 Å². The third kappa shape index (κ3) is 3.33. The number of nitro benzene ring substituents is 1. The highest BCUT2D eigenvalue weighted by Gasteiger charge is 2.36. The SMILES string of the molecule is CCOc1ccc([N+](=O)[O-])c(C(=O)NC2CC(C(=O)O)C2)c1. The lowest BCUT2D eigenvalue weighted by molar-refractivity contribution is -0.385. The van der Waals surface area contributed by atoms with Crippen LogP contribution in [-0.2, 0) is 4.79 Å². The van der Waals surface area contributed by atoms with Crippen molar-refractivity contribution in [1.29, 1.82) is 0 Å². The molecule has 1 aromatic rings. The quantitative estimate of drug-likeness (QED) is 0.608. The van der Waals surface area contributed by atoms with Crippen molar-refractivity contribution in [3.63, 3.8) is 0 Å². The zero-order chi connectivity index (χ0) is 16.3. The lowest BCUT2D eigenvalue weighted by atomic mass is 9.80. The molecule has 8 heteroatoms. The summed E-state index contributed by atoms with van der Waals surface area (Å²) < 4.78 is 5.24. The van der Waals surface area contributed by atoms with Crippen LogP contribution in [0.4, 0.5) is 5.69 Å². The molecule has 22 heavy (non-hydrogen) atoms. The summed E-state index contributed by atoms with van der Waals surface area (Å²) >= 11 is 0. The van der Waals surface area contributed by atoms with Crippen LogP contribution in [-0.4, -0.2) is 34.6 Å². The van der Waals surface area contributed by atoms with Crippen LogP contribution in [0, 0.1) is 16.0 Å². The number of hydrogen-bond acceptors (Lipinski definition) is 5. The summed E-state index contributed by atoms with van der Waals surface area (Å²) in [7, 11) is 0. The Bertz CT molecular complexity index is 609. The largest absolute Gasteiger partial charge is 0.494 e. The first-order valence-corrected chi connectivity index (χ1v) is 6.87. The summed E-state index contributed by atoms with van der Waals surface area (Å²) in [6.07, 6.45) is 0.667.